The number of unbranched alkanes of at least 4 members (excludes halogenated alkanes) is 4. The van der Waals surface area contributed by atoms with Crippen LogP contribution in [0.5, 0.6) is 0 Å². The minimum atomic E-state index is -0.403. The van der Waals surface area contributed by atoms with E-state index in [9.17, 15) is 4.79 Å². The van der Waals surface area contributed by atoms with Gasteiger partial charge in [-0.2, -0.15) is 0 Å². The lowest BCUT2D eigenvalue weighted by Crippen LogP contribution is -2.41. The van der Waals surface area contributed by atoms with Crippen LogP contribution in [-0.2, 0) is 11.2 Å². The molecule has 416 valence electrons. The lowest BCUT2D eigenvalue weighted by Gasteiger charge is -2.12. The molecule has 1 unspecified atom stereocenters. The molecule has 1 amide bonds. The first-order chi connectivity index (χ1) is 32.1. The van der Waals surface area contributed by atoms with E-state index in [2.05, 4.69) is 185 Å². The number of nitrogens with one attached hydrogen (secondary N) is 1. The van der Waals surface area contributed by atoms with Crippen molar-refractivity contribution in [2.45, 2.75) is 261 Å². The summed E-state index contributed by atoms with van der Waals surface area (Å²) in [6.07, 6.45) is 19.4. The van der Waals surface area contributed by atoms with Gasteiger partial charge in [-0.05, 0) is 118 Å². The van der Waals surface area contributed by atoms with E-state index in [1.165, 1.54) is 81.8 Å². The van der Waals surface area contributed by atoms with Crippen LogP contribution in [0.4, 0.5) is 0 Å². The highest BCUT2D eigenvalue weighted by molar-refractivity contribution is 5.81. The van der Waals surface area contributed by atoms with Crippen LogP contribution in [-0.4, -0.2) is 49.9 Å². The van der Waals surface area contributed by atoms with Gasteiger partial charge in [0.25, 0.3) is 0 Å². The van der Waals surface area contributed by atoms with Crippen LogP contribution in [0.15, 0.2) is 34.3 Å². The fourth-order valence-electron chi connectivity index (χ4n) is 5.37. The van der Waals surface area contributed by atoms with Gasteiger partial charge in [0.2, 0.25) is 5.91 Å². The van der Waals surface area contributed by atoms with E-state index in [0.29, 0.717) is 37.2 Å². The number of aryl methyl sites for hydroxylation is 1. The number of carbonyl (C=O) groups is 1. The number of hydrogen-bond donors (Lipinski definition) is 6. The number of amidine groups is 1. The zero-order valence-corrected chi connectivity index (χ0v) is 50.8. The van der Waals surface area contributed by atoms with Crippen molar-refractivity contribution in [1.82, 2.24) is 5.32 Å². The van der Waals surface area contributed by atoms with E-state index >= 15 is 0 Å². The molecule has 1 atom stereocenters. The molecule has 11 N–H and O–H groups in total. The molecule has 0 spiro atoms. The van der Waals surface area contributed by atoms with Crippen LogP contribution in [0.2, 0.25) is 0 Å². The van der Waals surface area contributed by atoms with Crippen molar-refractivity contribution >= 4 is 17.7 Å². The number of hydrogen-bond acceptors (Lipinski definition) is 5. The molecule has 0 saturated heterocycles. The molecule has 0 bridgehead atoms. The summed E-state index contributed by atoms with van der Waals surface area (Å²) in [7, 11) is 0. The third-order valence-corrected chi connectivity index (χ3v) is 9.50. The fourth-order valence-corrected chi connectivity index (χ4v) is 5.37. The maximum absolute atomic E-state index is 11.6. The van der Waals surface area contributed by atoms with Gasteiger partial charge in [-0.15, -0.1) is 0 Å². The predicted octanol–water partition coefficient (Wildman–Crippen LogP) is 15.7. The summed E-state index contributed by atoms with van der Waals surface area (Å²) in [5, 5.41) is 2.86. The average Bonchev–Trinajstić information content (AvgIpc) is 3.23. The number of aliphatic imine (C=N–C) groups is 2. The molecule has 0 aliphatic rings. The molecule has 1 rings (SSSR count). The fraction of sp³-hybridized carbons (Fsp3) is 0.850. The molecule has 9 heteroatoms. The zero-order valence-electron chi connectivity index (χ0n) is 50.8. The molecule has 0 fully saturated rings. The average molecular weight is 980 g/mol. The molecule has 0 aromatic heterocycles. The Labute approximate surface area is 434 Å². The number of nitrogens with zero attached hydrogens (tertiary/aromatic N) is 2. The van der Waals surface area contributed by atoms with Crippen molar-refractivity contribution in [3.05, 3.63) is 35.4 Å². The minimum Gasteiger partial charge on any atom is -0.388 e. The number of carbonyl (C=O) groups excluding carboxylic acids is 1. The van der Waals surface area contributed by atoms with E-state index in [0.717, 1.165) is 74.3 Å². The summed E-state index contributed by atoms with van der Waals surface area (Å²) in [5.41, 5.74) is 29.5. The van der Waals surface area contributed by atoms with E-state index in [1.807, 2.05) is 0 Å². The first kappa shape index (κ1) is 80.4. The molecule has 0 aliphatic heterocycles. The van der Waals surface area contributed by atoms with E-state index in [4.69, 9.17) is 28.7 Å². The number of amides is 1. The second kappa shape index (κ2) is 61.5. The SMILES string of the molecule is CC(C)C.CC(C)CCCN=C(N)N.CC(C)CN.CC(N)=NCCCCC(N)C(=O)NCCC(C)C.CCCC(C)C.CCCCC(C)C.CCCCCC(C)C.Cc1ccc(CC(C)C)cc1. The van der Waals surface area contributed by atoms with Gasteiger partial charge in [-0.3, -0.25) is 14.8 Å². The molecule has 0 saturated carbocycles. The molecule has 0 aliphatic carbocycles. The van der Waals surface area contributed by atoms with E-state index < -0.39 is 6.04 Å². The Hall–Kier alpha value is -2.65. The maximum Gasteiger partial charge on any atom is 0.236 e. The standard InChI is InChI=1S/C13H28N4O.C11H16.C8H18.C7H17N3.C7H16.C6H14.C4H11N.C4H10/c1-10(2)7-9-17-13(18)12(15)6-4-5-8-16-11(3)14;1-9(2)8-11-6-4-10(3)5-7-11;1-4-5-6-7-8(2)3;1-6(2)4-3-5-10-7(8)9;1-4-5-6-7(2)3;1-4-5-6(2)3;1-4(2)3-5;1-4(2)3/h10,12H,4-9,15H2,1-3H3,(H2,14,16)(H,17,18);4-7,9H,8H2,1-3H3;8H,4-7H2,1-3H3;6H,3-5H2,1-2H3,(H4,8,9,10);7H,4-6H2,1-3H3;6H,4-5H2,1-3H3;4H,3,5H2,1-2H3;4H,1-3H3. The number of rotatable bonds is 25. The zero-order chi connectivity index (χ0) is 55.2. The smallest absolute Gasteiger partial charge is 0.236 e. The Morgan fingerprint density at radius 3 is 1.26 bits per heavy atom. The van der Waals surface area contributed by atoms with Gasteiger partial charge in [0.1, 0.15) is 0 Å². The molecular weight excluding hydrogens is 849 g/mol. The van der Waals surface area contributed by atoms with Crippen molar-refractivity contribution in [3.8, 4) is 0 Å². The van der Waals surface area contributed by atoms with Crippen molar-refractivity contribution in [2.24, 2.45) is 86.0 Å². The monoisotopic (exact) mass is 979 g/mol. The number of nitrogens with two attached hydrogens (primary N) is 5. The lowest BCUT2D eigenvalue weighted by molar-refractivity contribution is -0.122. The Morgan fingerprint density at radius 1 is 0.522 bits per heavy atom. The summed E-state index contributed by atoms with van der Waals surface area (Å²) in [5.74, 6) is 7.06. The molecular formula is C60H130N8O. The summed E-state index contributed by atoms with van der Waals surface area (Å²) >= 11 is 0. The maximum atomic E-state index is 11.6. The topological polar surface area (TPSA) is 184 Å². The van der Waals surface area contributed by atoms with Gasteiger partial charge in [0, 0.05) is 19.6 Å². The Bertz CT molecular complexity index is 1160. The van der Waals surface area contributed by atoms with E-state index in [-0.39, 0.29) is 11.9 Å². The van der Waals surface area contributed by atoms with Gasteiger partial charge in [-0.1, -0.05) is 226 Å². The predicted molar refractivity (Wildman–Crippen MR) is 318 cm³/mol. The van der Waals surface area contributed by atoms with E-state index in [1.54, 1.807) is 6.92 Å². The Morgan fingerprint density at radius 2 is 0.928 bits per heavy atom. The summed E-state index contributed by atoms with van der Waals surface area (Å²) in [6.45, 7) is 51.1. The molecule has 69 heavy (non-hydrogen) atoms. The highest BCUT2D eigenvalue weighted by Crippen LogP contribution is 2.09. The summed E-state index contributed by atoms with van der Waals surface area (Å²) in [6, 6.07) is 8.39. The van der Waals surface area contributed by atoms with Crippen molar-refractivity contribution in [2.75, 3.05) is 26.2 Å². The minimum absolute atomic E-state index is 0.0471. The first-order valence-corrected chi connectivity index (χ1v) is 28.2. The van der Waals surface area contributed by atoms with Crippen molar-refractivity contribution in [1.29, 1.82) is 0 Å². The normalized spacial score (nSPS) is 11.0. The summed E-state index contributed by atoms with van der Waals surface area (Å²) in [4.78, 5) is 19.6. The third-order valence-electron chi connectivity index (χ3n) is 9.50. The molecule has 1 aromatic carbocycles. The Kier molecular flexibility index (Phi) is 71.7. The highest BCUT2D eigenvalue weighted by atomic mass is 16.2. The van der Waals surface area contributed by atoms with Gasteiger partial charge < -0.3 is 34.0 Å². The molecule has 1 aromatic rings. The van der Waals surface area contributed by atoms with Crippen LogP contribution >= 0.6 is 0 Å². The van der Waals surface area contributed by atoms with Crippen LogP contribution in [0, 0.1) is 54.3 Å². The van der Waals surface area contributed by atoms with Gasteiger partial charge in [-0.25, -0.2) is 0 Å². The van der Waals surface area contributed by atoms with Crippen LogP contribution in [0.25, 0.3) is 0 Å². The van der Waals surface area contributed by atoms with Gasteiger partial charge in [0.15, 0.2) is 5.96 Å². The number of guanidine groups is 1. The van der Waals surface area contributed by atoms with Crippen molar-refractivity contribution < 1.29 is 4.79 Å². The molecule has 0 heterocycles. The van der Waals surface area contributed by atoms with Crippen LogP contribution < -0.4 is 34.0 Å². The Balaban J connectivity index is -0.000000133. The van der Waals surface area contributed by atoms with Gasteiger partial charge >= 0.3 is 0 Å². The van der Waals surface area contributed by atoms with Gasteiger partial charge in [0.05, 0.1) is 11.9 Å². The van der Waals surface area contributed by atoms with Crippen LogP contribution in [0.3, 0.4) is 0 Å². The second-order valence-electron chi connectivity index (χ2n) is 22.5. The lowest BCUT2D eigenvalue weighted by atomic mass is 10.0. The van der Waals surface area contributed by atoms with Crippen molar-refractivity contribution in [3.63, 3.8) is 0 Å². The van der Waals surface area contributed by atoms with Crippen LogP contribution in [0.1, 0.15) is 253 Å². The highest BCUT2D eigenvalue weighted by Gasteiger charge is 2.12. The number of benzene rings is 1. The first-order valence-electron chi connectivity index (χ1n) is 28.2. The largest absolute Gasteiger partial charge is 0.388 e. The quantitative estimate of drug-likeness (QED) is 0.0322. The summed E-state index contributed by atoms with van der Waals surface area (Å²) < 4.78 is 0. The molecule has 0 radical (unpaired) electrons. The molecule has 9 nitrogen and oxygen atoms in total. The third kappa shape index (κ3) is 103. The second-order valence-corrected chi connectivity index (χ2v) is 22.5.